The summed E-state index contributed by atoms with van der Waals surface area (Å²) in [5.41, 5.74) is -0.116. The van der Waals surface area contributed by atoms with E-state index in [1.54, 1.807) is 32.9 Å². The molecule has 0 heterocycles. The molecule has 6 nitrogen and oxygen atoms in total. The molecular weight excluding hydrogens is 284 g/mol. The van der Waals surface area contributed by atoms with E-state index >= 15 is 0 Å². The van der Waals surface area contributed by atoms with Gasteiger partial charge in [-0.3, -0.25) is 10.1 Å². The van der Waals surface area contributed by atoms with Crippen molar-refractivity contribution in [2.24, 2.45) is 0 Å². The molecule has 1 rings (SSSR count). The Labute approximate surface area is 122 Å². The maximum atomic E-state index is 11.4. The number of ether oxygens (including phenoxy) is 1. The van der Waals surface area contributed by atoms with Crippen LogP contribution in [-0.4, -0.2) is 23.2 Å². The van der Waals surface area contributed by atoms with Crippen molar-refractivity contribution in [3.8, 4) is 0 Å². The summed E-state index contributed by atoms with van der Waals surface area (Å²) >= 11 is 5.72. The van der Waals surface area contributed by atoms with Gasteiger partial charge in [0.2, 0.25) is 0 Å². The fourth-order valence-electron chi connectivity index (χ4n) is 1.53. The number of carbonyl (C=O) groups is 1. The molecule has 0 aliphatic rings. The van der Waals surface area contributed by atoms with Crippen LogP contribution in [0.4, 0.5) is 10.5 Å². The number of rotatable bonds is 4. The Morgan fingerprint density at radius 1 is 1.45 bits per heavy atom. The van der Waals surface area contributed by atoms with Gasteiger partial charge in [0.1, 0.15) is 5.60 Å². The van der Waals surface area contributed by atoms with E-state index in [0.29, 0.717) is 17.0 Å². The maximum Gasteiger partial charge on any atom is 0.407 e. The minimum Gasteiger partial charge on any atom is -0.444 e. The third kappa shape index (κ3) is 5.44. The average molecular weight is 301 g/mol. The molecule has 1 N–H and O–H groups in total. The minimum absolute atomic E-state index is 0.0523. The number of alkyl carbamates (subject to hydrolysis) is 1. The fraction of sp³-hybridized carbons (Fsp3) is 0.462. The molecule has 0 atom stereocenters. The summed E-state index contributed by atoms with van der Waals surface area (Å²) in [7, 11) is 0. The van der Waals surface area contributed by atoms with E-state index in [-0.39, 0.29) is 12.2 Å². The molecule has 1 amide bonds. The third-order valence-corrected chi connectivity index (χ3v) is 2.54. The Morgan fingerprint density at radius 2 is 2.10 bits per heavy atom. The third-order valence-electron chi connectivity index (χ3n) is 2.31. The second-order valence-corrected chi connectivity index (χ2v) is 5.65. The van der Waals surface area contributed by atoms with Crippen molar-refractivity contribution in [2.45, 2.75) is 32.8 Å². The van der Waals surface area contributed by atoms with Gasteiger partial charge in [0, 0.05) is 23.2 Å². The molecule has 7 heteroatoms. The number of nitro groups is 1. The number of hydrogen-bond acceptors (Lipinski definition) is 4. The molecular formula is C13H17ClN2O4. The summed E-state index contributed by atoms with van der Waals surface area (Å²) in [6.45, 7) is 5.53. The molecule has 0 fully saturated rings. The lowest BCUT2D eigenvalue weighted by Gasteiger charge is -2.19. The number of hydrogen-bond donors (Lipinski definition) is 1. The normalized spacial score (nSPS) is 11.0. The molecule has 110 valence electrons. The van der Waals surface area contributed by atoms with Crippen molar-refractivity contribution in [2.75, 3.05) is 6.54 Å². The summed E-state index contributed by atoms with van der Waals surface area (Å²) in [5.74, 6) is 0. The van der Waals surface area contributed by atoms with E-state index in [9.17, 15) is 14.9 Å². The zero-order valence-corrected chi connectivity index (χ0v) is 12.4. The van der Waals surface area contributed by atoms with E-state index in [1.807, 2.05) is 0 Å². The van der Waals surface area contributed by atoms with Gasteiger partial charge in [-0.05, 0) is 33.3 Å². The smallest absolute Gasteiger partial charge is 0.407 e. The van der Waals surface area contributed by atoms with Crippen LogP contribution >= 0.6 is 11.6 Å². The number of halogens is 1. The zero-order chi connectivity index (χ0) is 15.3. The Bertz CT molecular complexity index is 512. The monoisotopic (exact) mass is 300 g/mol. The van der Waals surface area contributed by atoms with Crippen LogP contribution in [-0.2, 0) is 11.2 Å². The van der Waals surface area contributed by atoms with E-state index in [2.05, 4.69) is 5.32 Å². The molecule has 0 spiro atoms. The Balaban J connectivity index is 2.58. The van der Waals surface area contributed by atoms with Crippen LogP contribution in [0.15, 0.2) is 18.2 Å². The second-order valence-electron chi connectivity index (χ2n) is 5.21. The highest BCUT2D eigenvalue weighted by Gasteiger charge is 2.17. The first-order valence-electron chi connectivity index (χ1n) is 6.09. The lowest BCUT2D eigenvalue weighted by Crippen LogP contribution is -2.33. The zero-order valence-electron chi connectivity index (χ0n) is 11.6. The summed E-state index contributed by atoms with van der Waals surface area (Å²) in [5, 5.41) is 13.8. The van der Waals surface area contributed by atoms with Crippen LogP contribution in [0, 0.1) is 10.1 Å². The quantitative estimate of drug-likeness (QED) is 0.683. The van der Waals surface area contributed by atoms with Crippen molar-refractivity contribution >= 4 is 23.4 Å². The summed E-state index contributed by atoms with van der Waals surface area (Å²) < 4.78 is 5.07. The van der Waals surface area contributed by atoms with Crippen molar-refractivity contribution in [1.82, 2.24) is 5.32 Å². The molecule has 0 bridgehead atoms. The fourth-order valence-corrected chi connectivity index (χ4v) is 1.70. The van der Waals surface area contributed by atoms with Gasteiger partial charge in [-0.2, -0.15) is 0 Å². The van der Waals surface area contributed by atoms with Crippen molar-refractivity contribution < 1.29 is 14.5 Å². The molecule has 0 saturated carbocycles. The molecule has 1 aromatic rings. The highest BCUT2D eigenvalue weighted by atomic mass is 35.5. The molecule has 1 aromatic carbocycles. The SMILES string of the molecule is CC(C)(C)OC(=O)NCCc1ccc(Cl)cc1[N+](=O)[O-]. The second kappa shape index (κ2) is 6.56. The summed E-state index contributed by atoms with van der Waals surface area (Å²) in [6, 6.07) is 4.46. The molecule has 0 unspecified atom stereocenters. The number of nitrogens with zero attached hydrogens (tertiary/aromatic N) is 1. The van der Waals surface area contributed by atoms with Gasteiger partial charge >= 0.3 is 6.09 Å². The number of benzene rings is 1. The van der Waals surface area contributed by atoms with Crippen molar-refractivity contribution in [3.05, 3.63) is 38.9 Å². The van der Waals surface area contributed by atoms with Crippen LogP contribution in [0.1, 0.15) is 26.3 Å². The first kappa shape index (κ1) is 16.2. The predicted molar refractivity (Wildman–Crippen MR) is 76.0 cm³/mol. The number of nitrogens with one attached hydrogen (secondary N) is 1. The van der Waals surface area contributed by atoms with Gasteiger partial charge in [0.25, 0.3) is 5.69 Å². The van der Waals surface area contributed by atoms with Crippen LogP contribution in [0.5, 0.6) is 0 Å². The Hall–Kier alpha value is -1.82. The Morgan fingerprint density at radius 3 is 2.65 bits per heavy atom. The topological polar surface area (TPSA) is 81.5 Å². The lowest BCUT2D eigenvalue weighted by molar-refractivity contribution is -0.385. The van der Waals surface area contributed by atoms with Crippen molar-refractivity contribution in [1.29, 1.82) is 0 Å². The van der Waals surface area contributed by atoms with Crippen molar-refractivity contribution in [3.63, 3.8) is 0 Å². The van der Waals surface area contributed by atoms with Gasteiger partial charge in [-0.1, -0.05) is 17.7 Å². The number of carbonyl (C=O) groups excluding carboxylic acids is 1. The van der Waals surface area contributed by atoms with E-state index in [1.165, 1.54) is 6.07 Å². The largest absolute Gasteiger partial charge is 0.444 e. The number of nitro benzene ring substituents is 1. The summed E-state index contributed by atoms with van der Waals surface area (Å²) in [4.78, 5) is 21.8. The molecule has 20 heavy (non-hydrogen) atoms. The minimum atomic E-state index is -0.573. The average Bonchev–Trinajstić information content (AvgIpc) is 2.28. The lowest BCUT2D eigenvalue weighted by atomic mass is 10.1. The molecule has 0 aliphatic heterocycles. The highest BCUT2D eigenvalue weighted by molar-refractivity contribution is 6.30. The molecule has 0 aliphatic carbocycles. The van der Waals surface area contributed by atoms with Gasteiger partial charge in [0.15, 0.2) is 0 Å². The van der Waals surface area contributed by atoms with Gasteiger partial charge in [-0.25, -0.2) is 4.79 Å². The number of amides is 1. The predicted octanol–water partition coefficient (Wildman–Crippen LogP) is 3.32. The van der Waals surface area contributed by atoms with E-state index in [0.717, 1.165) is 0 Å². The first-order chi connectivity index (χ1) is 9.19. The Kier molecular flexibility index (Phi) is 5.33. The maximum absolute atomic E-state index is 11.4. The molecule has 0 aromatic heterocycles. The van der Waals surface area contributed by atoms with Gasteiger partial charge in [0.05, 0.1) is 4.92 Å². The molecule has 0 radical (unpaired) electrons. The van der Waals surface area contributed by atoms with E-state index < -0.39 is 16.6 Å². The molecule has 0 saturated heterocycles. The first-order valence-corrected chi connectivity index (χ1v) is 6.46. The van der Waals surface area contributed by atoms with Crippen LogP contribution in [0.2, 0.25) is 5.02 Å². The van der Waals surface area contributed by atoms with E-state index in [4.69, 9.17) is 16.3 Å². The van der Waals surface area contributed by atoms with Crippen LogP contribution in [0.25, 0.3) is 0 Å². The van der Waals surface area contributed by atoms with Gasteiger partial charge < -0.3 is 10.1 Å². The standard InChI is InChI=1S/C13H17ClN2O4/c1-13(2,3)20-12(17)15-7-6-9-4-5-10(14)8-11(9)16(18)19/h4-5,8H,6-7H2,1-3H3,(H,15,17). The van der Waals surface area contributed by atoms with Crippen LogP contribution in [0.3, 0.4) is 0 Å². The van der Waals surface area contributed by atoms with Gasteiger partial charge in [-0.15, -0.1) is 0 Å². The van der Waals surface area contributed by atoms with Crippen LogP contribution < -0.4 is 5.32 Å². The highest BCUT2D eigenvalue weighted by Crippen LogP contribution is 2.23. The summed E-state index contributed by atoms with van der Waals surface area (Å²) in [6.07, 6.45) is -0.221.